The van der Waals surface area contributed by atoms with Crippen molar-refractivity contribution in [2.24, 2.45) is 5.92 Å². The number of rotatable bonds is 3. The molecule has 1 saturated carbocycles. The molecule has 4 nitrogen and oxygen atoms in total. The molecule has 0 radical (unpaired) electrons. The molecule has 0 amide bonds. The van der Waals surface area contributed by atoms with E-state index in [1.165, 1.54) is 13.2 Å². The number of aliphatic hydroxyl groups is 1. The summed E-state index contributed by atoms with van der Waals surface area (Å²) in [7, 11) is 1.25. The topological polar surface area (TPSA) is 63.6 Å². The van der Waals surface area contributed by atoms with Crippen molar-refractivity contribution in [2.75, 3.05) is 7.11 Å². The molecule has 164 valence electrons. The first-order valence-electron chi connectivity index (χ1n) is 10.2. The zero-order valence-corrected chi connectivity index (χ0v) is 17.0. The number of carbonyl (C=O) groups excluding carboxylic acids is 2. The van der Waals surface area contributed by atoms with E-state index < -0.39 is 41.9 Å². The minimum atomic E-state index is -4.76. The maximum atomic E-state index is 13.6. The van der Waals surface area contributed by atoms with E-state index in [9.17, 15) is 27.9 Å². The van der Waals surface area contributed by atoms with Gasteiger partial charge >= 0.3 is 12.1 Å². The van der Waals surface area contributed by atoms with Gasteiger partial charge in [-0.3, -0.25) is 4.79 Å². The van der Waals surface area contributed by atoms with Gasteiger partial charge in [-0.05, 0) is 54.9 Å². The fourth-order valence-corrected chi connectivity index (χ4v) is 5.29. The summed E-state index contributed by atoms with van der Waals surface area (Å²) in [6, 6.07) is 14.1. The number of hydrogen-bond donors (Lipinski definition) is 1. The second-order valence-corrected chi connectivity index (χ2v) is 8.63. The van der Waals surface area contributed by atoms with E-state index in [0.29, 0.717) is 17.5 Å². The van der Waals surface area contributed by atoms with E-state index in [4.69, 9.17) is 4.74 Å². The Morgan fingerprint density at radius 3 is 2.52 bits per heavy atom. The van der Waals surface area contributed by atoms with Crippen LogP contribution in [0.3, 0.4) is 0 Å². The molecule has 2 aliphatic rings. The van der Waals surface area contributed by atoms with Crippen molar-refractivity contribution >= 4 is 11.8 Å². The van der Waals surface area contributed by atoms with Gasteiger partial charge in [-0.2, -0.15) is 13.2 Å². The van der Waals surface area contributed by atoms with Crippen LogP contribution < -0.4 is 0 Å². The Kier molecular flexibility index (Phi) is 5.20. The van der Waals surface area contributed by atoms with Crippen molar-refractivity contribution in [3.8, 4) is 0 Å². The molecule has 0 aromatic heterocycles. The van der Waals surface area contributed by atoms with E-state index >= 15 is 0 Å². The van der Waals surface area contributed by atoms with Crippen LogP contribution in [0.2, 0.25) is 0 Å². The quantitative estimate of drug-likeness (QED) is 0.719. The van der Waals surface area contributed by atoms with Crippen LogP contribution in [0.5, 0.6) is 0 Å². The Morgan fingerprint density at radius 2 is 1.87 bits per heavy atom. The van der Waals surface area contributed by atoms with Crippen LogP contribution in [0.4, 0.5) is 13.2 Å². The zero-order chi connectivity index (χ0) is 22.4. The maximum Gasteiger partial charge on any atom is 0.417 e. The molecule has 1 fully saturated rings. The van der Waals surface area contributed by atoms with Gasteiger partial charge in [0.25, 0.3) is 0 Å². The van der Waals surface area contributed by atoms with Gasteiger partial charge in [0.2, 0.25) is 0 Å². The summed E-state index contributed by atoms with van der Waals surface area (Å²) in [6.45, 7) is 0. The van der Waals surface area contributed by atoms with Crippen LogP contribution in [0.25, 0.3) is 0 Å². The highest BCUT2D eigenvalue weighted by Crippen LogP contribution is 2.57. The van der Waals surface area contributed by atoms with Gasteiger partial charge in [-0.25, -0.2) is 4.79 Å². The third kappa shape index (κ3) is 3.55. The molecular formula is C24H23F3O4. The fraction of sp³-hybridized carbons (Fsp3) is 0.417. The number of benzene rings is 2. The lowest BCUT2D eigenvalue weighted by atomic mass is 9.52. The van der Waals surface area contributed by atoms with Crippen LogP contribution >= 0.6 is 0 Å². The van der Waals surface area contributed by atoms with E-state index in [1.807, 2.05) is 30.3 Å². The predicted octanol–water partition coefficient (Wildman–Crippen LogP) is 4.63. The second kappa shape index (κ2) is 7.48. The number of methoxy groups -OCH3 is 1. The Labute approximate surface area is 178 Å². The molecule has 2 aromatic rings. The lowest BCUT2D eigenvalue weighted by Gasteiger charge is -2.53. The largest absolute Gasteiger partial charge is 0.465 e. The summed E-state index contributed by atoms with van der Waals surface area (Å²) in [5.74, 6) is -1.57. The molecule has 7 heteroatoms. The normalized spacial score (nSPS) is 27.9. The molecule has 0 unspecified atom stereocenters. The highest BCUT2D eigenvalue weighted by Gasteiger charge is 2.62. The smallest absolute Gasteiger partial charge is 0.417 e. The van der Waals surface area contributed by atoms with Crippen LogP contribution in [-0.2, 0) is 16.6 Å². The number of hydrogen-bond acceptors (Lipinski definition) is 4. The average Bonchev–Trinajstić information content (AvgIpc) is 2.74. The van der Waals surface area contributed by atoms with Gasteiger partial charge in [0.1, 0.15) is 0 Å². The average molecular weight is 432 g/mol. The van der Waals surface area contributed by atoms with Crippen molar-refractivity contribution in [3.05, 3.63) is 70.8 Å². The molecule has 0 bridgehead atoms. The summed E-state index contributed by atoms with van der Waals surface area (Å²) in [4.78, 5) is 24.9. The standard InChI is InChI=1S/C24H23F3O4/c1-31-21(29)16-7-8-19-18(11-16)20(28)12-17-14-23(30,24(25,26)27)10-9-22(17,19)13-15-5-3-2-4-6-15/h2-8,11,17,30H,9-10,12-14H2,1H3/t17-,22+,23-/m1/s1. The van der Waals surface area contributed by atoms with Crippen LogP contribution in [-0.4, -0.2) is 35.7 Å². The number of fused-ring (bicyclic) bond motifs is 3. The third-order valence-corrected chi connectivity index (χ3v) is 6.95. The highest BCUT2D eigenvalue weighted by molar-refractivity contribution is 6.02. The SMILES string of the molecule is COC(=O)c1ccc2c(c1)C(=O)C[C@@H]1C[C@@](O)(C(F)(F)F)CC[C@@]21Cc1ccccc1. The monoisotopic (exact) mass is 432 g/mol. The van der Waals surface area contributed by atoms with Gasteiger partial charge in [0.05, 0.1) is 12.7 Å². The summed E-state index contributed by atoms with van der Waals surface area (Å²) < 4.78 is 45.6. The molecule has 1 N–H and O–H groups in total. The molecule has 31 heavy (non-hydrogen) atoms. The molecule has 2 aromatic carbocycles. The molecule has 0 spiro atoms. The summed E-state index contributed by atoms with van der Waals surface area (Å²) in [5.41, 5.74) is -1.37. The lowest BCUT2D eigenvalue weighted by Crippen LogP contribution is -2.57. The Hall–Kier alpha value is -2.67. The Balaban J connectivity index is 1.84. The van der Waals surface area contributed by atoms with Crippen LogP contribution in [0, 0.1) is 5.92 Å². The van der Waals surface area contributed by atoms with E-state index in [2.05, 4.69) is 0 Å². The summed E-state index contributed by atoms with van der Waals surface area (Å²) >= 11 is 0. The Bertz CT molecular complexity index is 1020. The maximum absolute atomic E-state index is 13.6. The molecule has 0 saturated heterocycles. The van der Waals surface area contributed by atoms with Gasteiger partial charge in [-0.1, -0.05) is 36.4 Å². The second-order valence-electron chi connectivity index (χ2n) is 8.63. The van der Waals surface area contributed by atoms with Gasteiger partial charge in [-0.15, -0.1) is 0 Å². The summed E-state index contributed by atoms with van der Waals surface area (Å²) in [6.07, 6.45) is -5.29. The summed E-state index contributed by atoms with van der Waals surface area (Å²) in [5, 5.41) is 10.4. The fourth-order valence-electron chi connectivity index (χ4n) is 5.29. The van der Waals surface area contributed by atoms with Crippen molar-refractivity contribution < 1.29 is 32.6 Å². The molecule has 2 aliphatic carbocycles. The molecule has 0 heterocycles. The Morgan fingerprint density at radius 1 is 1.16 bits per heavy atom. The van der Waals surface area contributed by atoms with E-state index in [-0.39, 0.29) is 24.2 Å². The molecule has 3 atom stereocenters. The van der Waals surface area contributed by atoms with Gasteiger partial charge < -0.3 is 9.84 Å². The highest BCUT2D eigenvalue weighted by atomic mass is 19.4. The first kappa shape index (κ1) is 21.6. The number of carbonyl (C=O) groups is 2. The number of Topliss-reactive ketones (excluding diaryl/α,β-unsaturated/α-hetero) is 1. The minimum Gasteiger partial charge on any atom is -0.465 e. The third-order valence-electron chi connectivity index (χ3n) is 6.95. The minimum absolute atomic E-state index is 0.0838. The first-order valence-corrected chi connectivity index (χ1v) is 10.2. The van der Waals surface area contributed by atoms with Crippen molar-refractivity contribution in [3.63, 3.8) is 0 Å². The van der Waals surface area contributed by atoms with Crippen molar-refractivity contribution in [1.29, 1.82) is 0 Å². The van der Waals surface area contributed by atoms with E-state index in [0.717, 1.165) is 5.56 Å². The van der Waals surface area contributed by atoms with Crippen molar-refractivity contribution in [2.45, 2.75) is 49.3 Å². The van der Waals surface area contributed by atoms with Crippen LogP contribution in [0.1, 0.15) is 57.5 Å². The molecule has 0 aliphatic heterocycles. The first-order chi connectivity index (χ1) is 14.6. The van der Waals surface area contributed by atoms with E-state index in [1.54, 1.807) is 12.1 Å². The molecule has 4 rings (SSSR count). The van der Waals surface area contributed by atoms with Crippen molar-refractivity contribution in [1.82, 2.24) is 0 Å². The van der Waals surface area contributed by atoms with Crippen LogP contribution in [0.15, 0.2) is 48.5 Å². The lowest BCUT2D eigenvalue weighted by molar-refractivity contribution is -0.279. The number of esters is 1. The molecular weight excluding hydrogens is 409 g/mol. The predicted molar refractivity (Wildman–Crippen MR) is 107 cm³/mol. The number of alkyl halides is 3. The number of ketones is 1. The zero-order valence-electron chi connectivity index (χ0n) is 17.0. The van der Waals surface area contributed by atoms with Gasteiger partial charge in [0.15, 0.2) is 11.4 Å². The van der Waals surface area contributed by atoms with Gasteiger partial charge in [0, 0.05) is 17.4 Å². The number of halogens is 3. The number of ether oxygens (including phenoxy) is 1.